The predicted molar refractivity (Wildman–Crippen MR) is 105 cm³/mol. The highest BCUT2D eigenvalue weighted by molar-refractivity contribution is 5.73. The second-order valence-corrected chi connectivity index (χ2v) is 6.78. The molecule has 0 spiro atoms. The molecule has 2 amide bonds. The molecule has 1 fully saturated rings. The van der Waals surface area contributed by atoms with Crippen LogP contribution in [0, 0.1) is 17.5 Å². The van der Waals surface area contributed by atoms with Crippen LogP contribution in [0.4, 0.5) is 18.0 Å². The normalized spacial score (nSPS) is 15.4. The molecule has 0 aliphatic carbocycles. The molecule has 6 nitrogen and oxygen atoms in total. The summed E-state index contributed by atoms with van der Waals surface area (Å²) in [7, 11) is 0. The Balaban J connectivity index is 1.47. The van der Waals surface area contributed by atoms with Gasteiger partial charge in [-0.3, -0.25) is 4.90 Å². The topological polar surface area (TPSA) is 62.8 Å². The lowest BCUT2D eigenvalue weighted by atomic mass is 10.0. The number of nitrogens with zero attached hydrogens (tertiary/aromatic N) is 1. The molecule has 0 saturated carbocycles. The maximum Gasteiger partial charge on any atom is 0.314 e. The van der Waals surface area contributed by atoms with E-state index in [9.17, 15) is 18.0 Å². The second kappa shape index (κ2) is 10.8. The number of benzene rings is 2. The Labute approximate surface area is 173 Å². The van der Waals surface area contributed by atoms with Crippen molar-refractivity contribution in [1.82, 2.24) is 15.5 Å². The van der Waals surface area contributed by atoms with Gasteiger partial charge in [-0.2, -0.15) is 0 Å². The van der Waals surface area contributed by atoms with Crippen LogP contribution in [0.1, 0.15) is 11.6 Å². The highest BCUT2D eigenvalue weighted by atomic mass is 19.1. The van der Waals surface area contributed by atoms with E-state index >= 15 is 0 Å². The summed E-state index contributed by atoms with van der Waals surface area (Å²) in [6, 6.07) is 8.71. The van der Waals surface area contributed by atoms with Crippen LogP contribution in [0.25, 0.3) is 0 Å². The van der Waals surface area contributed by atoms with Gasteiger partial charge in [-0.25, -0.2) is 18.0 Å². The number of hydrogen-bond acceptors (Lipinski definition) is 4. The quantitative estimate of drug-likeness (QED) is 0.641. The lowest BCUT2D eigenvalue weighted by Gasteiger charge is -2.35. The van der Waals surface area contributed by atoms with Gasteiger partial charge >= 0.3 is 6.03 Å². The molecule has 3 rings (SSSR count). The van der Waals surface area contributed by atoms with E-state index in [2.05, 4.69) is 15.5 Å². The van der Waals surface area contributed by atoms with Gasteiger partial charge in [0.15, 0.2) is 11.6 Å². The molecule has 0 aromatic heterocycles. The average Bonchev–Trinajstić information content (AvgIpc) is 2.73. The molecule has 2 aromatic rings. The molecule has 2 aromatic carbocycles. The van der Waals surface area contributed by atoms with Crippen molar-refractivity contribution in [3.63, 3.8) is 0 Å². The van der Waals surface area contributed by atoms with Crippen molar-refractivity contribution in [3.8, 4) is 5.75 Å². The minimum atomic E-state index is -0.803. The fourth-order valence-electron chi connectivity index (χ4n) is 3.23. The number of nitrogens with one attached hydrogen (secondary N) is 2. The first kappa shape index (κ1) is 21.9. The number of rotatable bonds is 8. The van der Waals surface area contributed by atoms with Gasteiger partial charge < -0.3 is 20.1 Å². The molecule has 1 saturated heterocycles. The second-order valence-electron chi connectivity index (χ2n) is 6.78. The third kappa shape index (κ3) is 6.36. The zero-order valence-electron chi connectivity index (χ0n) is 16.4. The fourth-order valence-corrected chi connectivity index (χ4v) is 3.23. The van der Waals surface area contributed by atoms with E-state index in [1.807, 2.05) is 6.07 Å². The average molecular weight is 423 g/mol. The zero-order chi connectivity index (χ0) is 21.3. The van der Waals surface area contributed by atoms with Gasteiger partial charge in [0.2, 0.25) is 0 Å². The zero-order valence-corrected chi connectivity index (χ0v) is 16.4. The van der Waals surface area contributed by atoms with Crippen LogP contribution in [0.2, 0.25) is 0 Å². The van der Waals surface area contributed by atoms with E-state index in [1.54, 1.807) is 6.07 Å². The van der Waals surface area contributed by atoms with Crippen molar-refractivity contribution in [3.05, 3.63) is 65.5 Å². The number of hydrogen-bond donors (Lipinski definition) is 2. The van der Waals surface area contributed by atoms with Gasteiger partial charge in [-0.05, 0) is 29.8 Å². The molecule has 0 bridgehead atoms. The molecule has 0 radical (unpaired) electrons. The Kier molecular flexibility index (Phi) is 7.92. The van der Waals surface area contributed by atoms with Crippen molar-refractivity contribution >= 4 is 6.03 Å². The van der Waals surface area contributed by atoms with Gasteiger partial charge in [0, 0.05) is 25.7 Å². The number of carbonyl (C=O) groups excluding carboxylic acids is 1. The summed E-state index contributed by atoms with van der Waals surface area (Å²) in [6.07, 6.45) is 0. The third-order valence-corrected chi connectivity index (χ3v) is 4.71. The molecular weight excluding hydrogens is 399 g/mol. The van der Waals surface area contributed by atoms with Crippen LogP contribution >= 0.6 is 0 Å². The third-order valence-electron chi connectivity index (χ3n) is 4.71. The summed E-state index contributed by atoms with van der Waals surface area (Å²) in [5.74, 6) is -1.91. The highest BCUT2D eigenvalue weighted by Gasteiger charge is 2.23. The van der Waals surface area contributed by atoms with Crippen molar-refractivity contribution in [1.29, 1.82) is 0 Å². The predicted octanol–water partition coefficient (Wildman–Crippen LogP) is 2.86. The van der Waals surface area contributed by atoms with Gasteiger partial charge in [0.1, 0.15) is 18.2 Å². The number of carbonyl (C=O) groups is 1. The first-order valence-electron chi connectivity index (χ1n) is 9.70. The molecule has 9 heteroatoms. The molecule has 1 atom stereocenters. The molecular formula is C21H24F3N3O3. The molecule has 1 unspecified atom stereocenters. The number of morpholine rings is 1. The summed E-state index contributed by atoms with van der Waals surface area (Å²) in [5.41, 5.74) is 0.771. The Morgan fingerprint density at radius 2 is 1.83 bits per heavy atom. The summed E-state index contributed by atoms with van der Waals surface area (Å²) in [4.78, 5) is 14.3. The van der Waals surface area contributed by atoms with E-state index in [-0.39, 0.29) is 37.3 Å². The summed E-state index contributed by atoms with van der Waals surface area (Å²) in [6.45, 7) is 2.95. The Bertz CT molecular complexity index is 847. The summed E-state index contributed by atoms with van der Waals surface area (Å²) in [5, 5.41) is 5.40. The van der Waals surface area contributed by atoms with Crippen LogP contribution < -0.4 is 15.4 Å². The monoisotopic (exact) mass is 423 g/mol. The van der Waals surface area contributed by atoms with Crippen molar-refractivity contribution < 1.29 is 27.4 Å². The van der Waals surface area contributed by atoms with Crippen molar-refractivity contribution in [2.45, 2.75) is 6.04 Å². The van der Waals surface area contributed by atoms with Gasteiger partial charge in [-0.15, -0.1) is 0 Å². The largest absolute Gasteiger partial charge is 0.489 e. The van der Waals surface area contributed by atoms with Crippen LogP contribution in [0.3, 0.4) is 0 Å². The molecule has 1 aliphatic rings. The smallest absolute Gasteiger partial charge is 0.314 e. The SMILES string of the molecule is O=C(NCCOc1ccc(F)cc1F)NCC(c1cccc(F)c1)N1CCOCC1. The number of urea groups is 1. The molecule has 1 aliphatic heterocycles. The van der Waals surface area contributed by atoms with Crippen LogP contribution in [-0.2, 0) is 4.74 Å². The summed E-state index contributed by atoms with van der Waals surface area (Å²) >= 11 is 0. The van der Waals surface area contributed by atoms with Crippen LogP contribution in [-0.4, -0.2) is 56.9 Å². The van der Waals surface area contributed by atoms with E-state index in [0.29, 0.717) is 26.3 Å². The lowest BCUT2D eigenvalue weighted by molar-refractivity contribution is 0.0166. The minimum absolute atomic E-state index is 0.0206. The van der Waals surface area contributed by atoms with Crippen molar-refractivity contribution in [2.24, 2.45) is 0 Å². The van der Waals surface area contributed by atoms with E-state index in [0.717, 1.165) is 17.7 Å². The fraction of sp³-hybridized carbons (Fsp3) is 0.381. The van der Waals surface area contributed by atoms with E-state index in [4.69, 9.17) is 9.47 Å². The Hall–Kier alpha value is -2.78. The standard InChI is InChI=1S/C21H24F3N3O3/c22-16-3-1-2-15(12-16)19(27-7-10-29-11-8-27)14-26-21(28)25-6-9-30-20-5-4-17(23)13-18(20)24/h1-5,12-13,19H,6-11,14H2,(H2,25,26,28). The van der Waals surface area contributed by atoms with Crippen molar-refractivity contribution in [2.75, 3.05) is 46.0 Å². The number of ether oxygens (including phenoxy) is 2. The Morgan fingerprint density at radius 1 is 1.07 bits per heavy atom. The Morgan fingerprint density at radius 3 is 2.57 bits per heavy atom. The molecule has 162 valence electrons. The highest BCUT2D eigenvalue weighted by Crippen LogP contribution is 2.22. The lowest BCUT2D eigenvalue weighted by Crippen LogP contribution is -2.46. The van der Waals surface area contributed by atoms with Gasteiger partial charge in [0.05, 0.1) is 25.8 Å². The van der Waals surface area contributed by atoms with E-state index in [1.165, 1.54) is 18.2 Å². The summed E-state index contributed by atoms with van der Waals surface area (Å²) < 4.78 is 50.6. The first-order chi connectivity index (χ1) is 14.5. The molecule has 30 heavy (non-hydrogen) atoms. The molecule has 1 heterocycles. The van der Waals surface area contributed by atoms with E-state index < -0.39 is 17.7 Å². The molecule has 2 N–H and O–H groups in total. The van der Waals surface area contributed by atoms with Gasteiger partial charge in [-0.1, -0.05) is 12.1 Å². The first-order valence-corrected chi connectivity index (χ1v) is 9.70. The number of amides is 2. The number of halogens is 3. The maximum atomic E-state index is 13.7. The van der Waals surface area contributed by atoms with Gasteiger partial charge in [0.25, 0.3) is 0 Å². The maximum absolute atomic E-state index is 13.7. The van der Waals surface area contributed by atoms with Crippen LogP contribution in [0.5, 0.6) is 5.75 Å². The minimum Gasteiger partial charge on any atom is -0.489 e. The van der Waals surface area contributed by atoms with Crippen LogP contribution in [0.15, 0.2) is 42.5 Å².